The molecule has 2 saturated heterocycles. The van der Waals surface area contributed by atoms with Gasteiger partial charge in [0.1, 0.15) is 31.0 Å². The van der Waals surface area contributed by atoms with Gasteiger partial charge in [-0.05, 0) is 12.5 Å². The van der Waals surface area contributed by atoms with Crippen molar-refractivity contribution < 1.29 is 38.0 Å². The number of hydrogen-bond acceptors (Lipinski definition) is 8. The van der Waals surface area contributed by atoms with E-state index < -0.39 is 49.0 Å². The summed E-state index contributed by atoms with van der Waals surface area (Å²) in [5.41, 5.74) is 1.71. The van der Waals surface area contributed by atoms with Crippen LogP contribution < -0.4 is 5.32 Å². The van der Waals surface area contributed by atoms with Gasteiger partial charge in [-0.3, -0.25) is 4.79 Å². The number of rotatable bonds is 8. The Balaban J connectivity index is 1.52. The zero-order chi connectivity index (χ0) is 24.8. The van der Waals surface area contributed by atoms with Crippen LogP contribution >= 0.6 is 0 Å². The molecular weight excluding hydrogens is 454 g/mol. The molecule has 2 aromatic carbocycles. The standard InChI is InChI=1S/C26H31NO8/c1-16(24(29)31-14-18-10-6-4-7-11-18)33-23-21(27-17(2)28)26(30-3)34-20-15-32-25(35-22(20)23)19-12-8-5-9-13-19/h4-13,16,20-23,25-26H,14-15H2,1-3H3,(H,27,28)/t16-,20-,21-,22-,23-,25-,26?/m1/s1. The molecule has 0 bridgehead atoms. The highest BCUT2D eigenvalue weighted by Gasteiger charge is 2.52. The van der Waals surface area contributed by atoms with Gasteiger partial charge >= 0.3 is 5.97 Å². The van der Waals surface area contributed by atoms with Gasteiger partial charge in [0.05, 0.1) is 6.61 Å². The Kier molecular flexibility index (Phi) is 8.48. The van der Waals surface area contributed by atoms with Crippen molar-refractivity contribution in [3.63, 3.8) is 0 Å². The predicted molar refractivity (Wildman–Crippen MR) is 124 cm³/mol. The molecular formula is C26H31NO8. The number of benzene rings is 2. The number of hydrogen-bond donors (Lipinski definition) is 1. The van der Waals surface area contributed by atoms with E-state index in [0.29, 0.717) is 0 Å². The summed E-state index contributed by atoms with van der Waals surface area (Å²) in [4.78, 5) is 24.8. The zero-order valence-corrected chi connectivity index (χ0v) is 20.0. The largest absolute Gasteiger partial charge is 0.459 e. The Bertz CT molecular complexity index is 972. The maximum Gasteiger partial charge on any atom is 0.335 e. The average Bonchev–Trinajstić information content (AvgIpc) is 2.88. The van der Waals surface area contributed by atoms with Crippen LogP contribution in [-0.2, 0) is 44.6 Å². The first-order valence-corrected chi connectivity index (χ1v) is 11.6. The Morgan fingerprint density at radius 3 is 2.40 bits per heavy atom. The van der Waals surface area contributed by atoms with Gasteiger partial charge in [0, 0.05) is 19.6 Å². The molecule has 0 saturated carbocycles. The smallest absolute Gasteiger partial charge is 0.335 e. The lowest BCUT2D eigenvalue weighted by atomic mass is 9.95. The molecule has 1 amide bonds. The maximum atomic E-state index is 12.8. The van der Waals surface area contributed by atoms with Crippen LogP contribution in [0.25, 0.3) is 0 Å². The van der Waals surface area contributed by atoms with E-state index in [-0.39, 0.29) is 19.1 Å². The Morgan fingerprint density at radius 2 is 1.74 bits per heavy atom. The second kappa shape index (κ2) is 11.7. The van der Waals surface area contributed by atoms with E-state index in [1.165, 1.54) is 14.0 Å². The summed E-state index contributed by atoms with van der Waals surface area (Å²) in [5.74, 6) is -0.821. The molecule has 0 spiro atoms. The molecule has 9 heteroatoms. The minimum absolute atomic E-state index is 0.128. The van der Waals surface area contributed by atoms with Crippen molar-refractivity contribution in [3.8, 4) is 0 Å². The number of amides is 1. The van der Waals surface area contributed by atoms with Crippen LogP contribution in [0, 0.1) is 0 Å². The number of methoxy groups -OCH3 is 1. The topological polar surface area (TPSA) is 102 Å². The molecule has 2 fully saturated rings. The van der Waals surface area contributed by atoms with Gasteiger partial charge in [-0.15, -0.1) is 0 Å². The quantitative estimate of drug-likeness (QED) is 0.569. The Hall–Kier alpha value is -2.82. The van der Waals surface area contributed by atoms with Crippen LogP contribution in [0.15, 0.2) is 60.7 Å². The van der Waals surface area contributed by atoms with Crippen LogP contribution in [0.1, 0.15) is 31.3 Å². The molecule has 7 atom stereocenters. The molecule has 35 heavy (non-hydrogen) atoms. The van der Waals surface area contributed by atoms with E-state index in [2.05, 4.69) is 5.32 Å². The number of esters is 1. The van der Waals surface area contributed by atoms with Gasteiger partial charge in [0.25, 0.3) is 0 Å². The second-order valence-corrected chi connectivity index (χ2v) is 8.52. The van der Waals surface area contributed by atoms with Gasteiger partial charge < -0.3 is 33.7 Å². The van der Waals surface area contributed by atoms with Crippen molar-refractivity contribution in [2.75, 3.05) is 13.7 Å². The molecule has 1 N–H and O–H groups in total. The van der Waals surface area contributed by atoms with Gasteiger partial charge in [-0.2, -0.15) is 0 Å². The summed E-state index contributed by atoms with van der Waals surface area (Å²) in [5, 5.41) is 2.84. The highest BCUT2D eigenvalue weighted by Crippen LogP contribution is 2.36. The van der Waals surface area contributed by atoms with E-state index in [9.17, 15) is 9.59 Å². The molecule has 0 aliphatic carbocycles. The Morgan fingerprint density at radius 1 is 1.06 bits per heavy atom. The summed E-state index contributed by atoms with van der Waals surface area (Å²) >= 11 is 0. The SMILES string of the molecule is COC1O[C@@H]2CO[C@@H](c3ccccc3)O[C@H]2[C@H](O[C@H](C)C(=O)OCc2ccccc2)[C@H]1NC(C)=O. The fourth-order valence-electron chi connectivity index (χ4n) is 4.24. The lowest BCUT2D eigenvalue weighted by Gasteiger charge is -2.49. The third-order valence-electron chi connectivity index (χ3n) is 5.93. The van der Waals surface area contributed by atoms with Crippen molar-refractivity contribution in [1.82, 2.24) is 5.32 Å². The molecule has 2 aliphatic heterocycles. The highest BCUT2D eigenvalue weighted by molar-refractivity contribution is 5.74. The van der Waals surface area contributed by atoms with Crippen LogP contribution in [0.3, 0.4) is 0 Å². The van der Waals surface area contributed by atoms with Crippen LogP contribution in [0.5, 0.6) is 0 Å². The lowest BCUT2D eigenvalue weighted by Crippen LogP contribution is -2.67. The van der Waals surface area contributed by atoms with E-state index in [1.807, 2.05) is 60.7 Å². The van der Waals surface area contributed by atoms with Crippen LogP contribution in [0.2, 0.25) is 0 Å². The van der Waals surface area contributed by atoms with Crippen molar-refractivity contribution >= 4 is 11.9 Å². The van der Waals surface area contributed by atoms with Crippen LogP contribution in [0.4, 0.5) is 0 Å². The second-order valence-electron chi connectivity index (χ2n) is 8.52. The summed E-state index contributed by atoms with van der Waals surface area (Å²) < 4.78 is 35.4. The van der Waals surface area contributed by atoms with Crippen LogP contribution in [-0.4, -0.2) is 62.3 Å². The fourth-order valence-corrected chi connectivity index (χ4v) is 4.24. The van der Waals surface area contributed by atoms with Crippen molar-refractivity contribution in [2.24, 2.45) is 0 Å². The monoisotopic (exact) mass is 485 g/mol. The predicted octanol–water partition coefficient (Wildman–Crippen LogP) is 2.49. The molecule has 1 unspecified atom stereocenters. The van der Waals surface area contributed by atoms with E-state index in [4.69, 9.17) is 28.4 Å². The molecule has 0 radical (unpaired) electrons. The average molecular weight is 486 g/mol. The third kappa shape index (κ3) is 6.25. The molecule has 9 nitrogen and oxygen atoms in total. The molecule has 188 valence electrons. The van der Waals surface area contributed by atoms with Gasteiger partial charge in [0.15, 0.2) is 18.7 Å². The van der Waals surface area contributed by atoms with Crippen molar-refractivity contribution in [3.05, 3.63) is 71.8 Å². The summed E-state index contributed by atoms with van der Waals surface area (Å²) in [7, 11) is 1.48. The summed E-state index contributed by atoms with van der Waals surface area (Å²) in [6, 6.07) is 18.2. The first kappa shape index (κ1) is 25.3. The van der Waals surface area contributed by atoms with Gasteiger partial charge in [-0.25, -0.2) is 4.79 Å². The molecule has 2 heterocycles. The van der Waals surface area contributed by atoms with Crippen molar-refractivity contribution in [2.45, 2.75) is 63.5 Å². The third-order valence-corrected chi connectivity index (χ3v) is 5.93. The van der Waals surface area contributed by atoms with E-state index in [1.54, 1.807) is 6.92 Å². The minimum Gasteiger partial charge on any atom is -0.459 e. The Labute approximate surface area is 204 Å². The lowest BCUT2D eigenvalue weighted by molar-refractivity contribution is -0.347. The number of carbonyl (C=O) groups is 2. The molecule has 2 aromatic rings. The molecule has 4 rings (SSSR count). The minimum atomic E-state index is -0.933. The summed E-state index contributed by atoms with van der Waals surface area (Å²) in [6.07, 6.45) is -4.33. The highest BCUT2D eigenvalue weighted by atomic mass is 16.7. The number of nitrogens with one attached hydrogen (secondary N) is 1. The van der Waals surface area contributed by atoms with Crippen molar-refractivity contribution in [1.29, 1.82) is 0 Å². The van der Waals surface area contributed by atoms with Gasteiger partial charge in [-0.1, -0.05) is 60.7 Å². The fraction of sp³-hybridized carbons (Fsp3) is 0.462. The summed E-state index contributed by atoms with van der Waals surface area (Å²) in [6.45, 7) is 3.36. The van der Waals surface area contributed by atoms with Gasteiger partial charge in [0.2, 0.25) is 5.91 Å². The van der Waals surface area contributed by atoms with E-state index >= 15 is 0 Å². The first-order valence-electron chi connectivity index (χ1n) is 11.6. The zero-order valence-electron chi connectivity index (χ0n) is 20.0. The molecule has 2 aliphatic rings. The number of fused-ring (bicyclic) bond motifs is 1. The number of carbonyl (C=O) groups excluding carboxylic acids is 2. The number of ether oxygens (including phenoxy) is 6. The van der Waals surface area contributed by atoms with E-state index in [0.717, 1.165) is 11.1 Å². The maximum absolute atomic E-state index is 12.8. The normalized spacial score (nSPS) is 29.0. The first-order chi connectivity index (χ1) is 17.0. The molecule has 0 aromatic heterocycles.